The summed E-state index contributed by atoms with van der Waals surface area (Å²) in [6.07, 6.45) is 0. The maximum atomic E-state index is 12.0. The Bertz CT molecular complexity index is 599. The molecule has 1 atom stereocenters. The van der Waals surface area contributed by atoms with Crippen molar-refractivity contribution in [1.29, 1.82) is 0 Å². The molecular formula is C14H23N3O4S. The van der Waals surface area contributed by atoms with E-state index >= 15 is 0 Å². The van der Waals surface area contributed by atoms with Crippen molar-refractivity contribution in [2.75, 3.05) is 34.8 Å². The number of nitrogens with zero attached hydrogens (tertiary/aromatic N) is 2. The molecule has 0 saturated heterocycles. The van der Waals surface area contributed by atoms with Crippen LogP contribution in [0.5, 0.6) is 5.75 Å². The lowest BCUT2D eigenvalue weighted by Crippen LogP contribution is -2.43. The third-order valence-electron chi connectivity index (χ3n) is 3.21. The number of ether oxygens (including phenoxy) is 1. The maximum absolute atomic E-state index is 12.0. The average Bonchev–Trinajstić information content (AvgIpc) is 2.46. The predicted octanol–water partition coefficient (Wildman–Crippen LogP) is 0.611. The van der Waals surface area contributed by atoms with Crippen molar-refractivity contribution in [2.45, 2.75) is 13.0 Å². The molecule has 0 aliphatic carbocycles. The van der Waals surface area contributed by atoms with E-state index in [0.29, 0.717) is 0 Å². The highest BCUT2D eigenvalue weighted by Gasteiger charge is 2.23. The Morgan fingerprint density at radius 3 is 2.23 bits per heavy atom. The molecular weight excluding hydrogens is 306 g/mol. The standard InChI is InChI=1S/C14H23N3O4S/c1-11(12-6-8-13(21-5)9-7-12)15-14(18)10-17(4)22(19,20)16(2)3/h6-9,11H,10H2,1-5H3,(H,15,18)/t11-/m0/s1. The first-order chi connectivity index (χ1) is 10.2. The Balaban J connectivity index is 2.64. The number of carbonyl (C=O) groups excluding carboxylic acids is 1. The first-order valence-corrected chi connectivity index (χ1v) is 8.15. The van der Waals surface area contributed by atoms with Crippen LogP contribution in [0.1, 0.15) is 18.5 Å². The van der Waals surface area contributed by atoms with E-state index in [1.807, 2.05) is 19.1 Å². The molecule has 1 rings (SSSR count). The van der Waals surface area contributed by atoms with E-state index in [1.165, 1.54) is 21.1 Å². The summed E-state index contributed by atoms with van der Waals surface area (Å²) in [6.45, 7) is 1.60. The van der Waals surface area contributed by atoms with Crippen LogP contribution in [0.25, 0.3) is 0 Å². The molecule has 0 heterocycles. The summed E-state index contributed by atoms with van der Waals surface area (Å²) in [5.41, 5.74) is 0.910. The van der Waals surface area contributed by atoms with Crippen molar-refractivity contribution in [3.8, 4) is 5.75 Å². The maximum Gasteiger partial charge on any atom is 0.281 e. The summed E-state index contributed by atoms with van der Waals surface area (Å²) < 4.78 is 30.8. The van der Waals surface area contributed by atoms with Crippen molar-refractivity contribution < 1.29 is 17.9 Å². The molecule has 124 valence electrons. The van der Waals surface area contributed by atoms with Crippen LogP contribution >= 0.6 is 0 Å². The molecule has 1 aromatic carbocycles. The topological polar surface area (TPSA) is 79.0 Å². The first kappa shape index (κ1) is 18.4. The van der Waals surface area contributed by atoms with Gasteiger partial charge in [-0.15, -0.1) is 0 Å². The molecule has 0 aromatic heterocycles. The predicted molar refractivity (Wildman–Crippen MR) is 84.8 cm³/mol. The van der Waals surface area contributed by atoms with Crippen LogP contribution in [-0.2, 0) is 15.0 Å². The van der Waals surface area contributed by atoms with Crippen LogP contribution in [0.15, 0.2) is 24.3 Å². The summed E-state index contributed by atoms with van der Waals surface area (Å²) >= 11 is 0. The molecule has 0 unspecified atom stereocenters. The Morgan fingerprint density at radius 1 is 1.23 bits per heavy atom. The smallest absolute Gasteiger partial charge is 0.281 e. The minimum absolute atomic E-state index is 0.228. The number of hydrogen-bond acceptors (Lipinski definition) is 4. The van der Waals surface area contributed by atoms with Gasteiger partial charge in [0, 0.05) is 21.1 Å². The van der Waals surface area contributed by atoms with Gasteiger partial charge in [0.1, 0.15) is 5.75 Å². The van der Waals surface area contributed by atoms with Gasteiger partial charge in [-0.25, -0.2) is 0 Å². The Kier molecular flexibility index (Phi) is 6.34. The second kappa shape index (κ2) is 7.57. The number of likely N-dealkylation sites (N-methyl/N-ethyl adjacent to an activating group) is 1. The molecule has 1 aromatic rings. The van der Waals surface area contributed by atoms with E-state index < -0.39 is 10.2 Å². The lowest BCUT2D eigenvalue weighted by molar-refractivity contribution is -0.121. The van der Waals surface area contributed by atoms with Gasteiger partial charge in [-0.05, 0) is 24.6 Å². The lowest BCUT2D eigenvalue weighted by Gasteiger charge is -2.22. The second-order valence-electron chi connectivity index (χ2n) is 5.11. The van der Waals surface area contributed by atoms with Gasteiger partial charge in [-0.3, -0.25) is 4.79 Å². The minimum Gasteiger partial charge on any atom is -0.497 e. The number of nitrogens with one attached hydrogen (secondary N) is 1. The lowest BCUT2D eigenvalue weighted by atomic mass is 10.1. The largest absolute Gasteiger partial charge is 0.497 e. The van der Waals surface area contributed by atoms with Crippen molar-refractivity contribution in [3.05, 3.63) is 29.8 Å². The van der Waals surface area contributed by atoms with E-state index in [0.717, 1.165) is 19.9 Å². The van der Waals surface area contributed by atoms with E-state index in [1.54, 1.807) is 19.2 Å². The van der Waals surface area contributed by atoms with Gasteiger partial charge < -0.3 is 10.1 Å². The Morgan fingerprint density at radius 2 is 1.77 bits per heavy atom. The van der Waals surface area contributed by atoms with Crippen molar-refractivity contribution in [1.82, 2.24) is 13.9 Å². The molecule has 0 bridgehead atoms. The molecule has 0 aliphatic heterocycles. The van der Waals surface area contributed by atoms with Crippen LogP contribution in [0.2, 0.25) is 0 Å². The Labute approximate surface area is 132 Å². The second-order valence-corrected chi connectivity index (χ2v) is 7.36. The number of carbonyl (C=O) groups is 1. The summed E-state index contributed by atoms with van der Waals surface area (Å²) in [5.74, 6) is 0.371. The fourth-order valence-electron chi connectivity index (χ4n) is 1.83. The van der Waals surface area contributed by atoms with Gasteiger partial charge in [-0.1, -0.05) is 12.1 Å². The summed E-state index contributed by atoms with van der Waals surface area (Å²) in [4.78, 5) is 12.0. The highest BCUT2D eigenvalue weighted by Crippen LogP contribution is 2.17. The zero-order chi connectivity index (χ0) is 16.9. The van der Waals surface area contributed by atoms with Crippen LogP contribution in [-0.4, -0.2) is 57.7 Å². The molecule has 0 fully saturated rings. The van der Waals surface area contributed by atoms with E-state index in [-0.39, 0.29) is 18.5 Å². The Hall–Kier alpha value is -1.64. The molecule has 1 amide bonds. The summed E-state index contributed by atoms with van der Waals surface area (Å²) in [6, 6.07) is 7.09. The molecule has 7 nitrogen and oxygen atoms in total. The molecule has 0 aliphatic rings. The monoisotopic (exact) mass is 329 g/mol. The zero-order valence-corrected chi connectivity index (χ0v) is 14.3. The third-order valence-corrected chi connectivity index (χ3v) is 5.05. The van der Waals surface area contributed by atoms with Gasteiger partial charge in [0.15, 0.2) is 0 Å². The highest BCUT2D eigenvalue weighted by atomic mass is 32.2. The van der Waals surface area contributed by atoms with E-state index in [4.69, 9.17) is 4.74 Å². The molecule has 0 radical (unpaired) electrons. The summed E-state index contributed by atoms with van der Waals surface area (Å²) in [7, 11) is 2.20. The average molecular weight is 329 g/mol. The molecule has 1 N–H and O–H groups in total. The zero-order valence-electron chi connectivity index (χ0n) is 13.5. The van der Waals surface area contributed by atoms with Gasteiger partial charge >= 0.3 is 0 Å². The molecule has 0 saturated carbocycles. The van der Waals surface area contributed by atoms with Crippen molar-refractivity contribution >= 4 is 16.1 Å². The van der Waals surface area contributed by atoms with Crippen molar-refractivity contribution in [2.24, 2.45) is 0 Å². The van der Waals surface area contributed by atoms with Gasteiger partial charge in [0.25, 0.3) is 10.2 Å². The first-order valence-electron chi connectivity index (χ1n) is 6.75. The summed E-state index contributed by atoms with van der Waals surface area (Å²) in [5, 5.41) is 2.77. The molecule has 22 heavy (non-hydrogen) atoms. The van der Waals surface area contributed by atoms with Gasteiger partial charge in [0.05, 0.1) is 19.7 Å². The number of benzene rings is 1. The third kappa shape index (κ3) is 4.69. The van der Waals surface area contributed by atoms with Crippen LogP contribution in [0, 0.1) is 0 Å². The van der Waals surface area contributed by atoms with Gasteiger partial charge in [0.2, 0.25) is 5.91 Å². The SMILES string of the molecule is COc1ccc([C@H](C)NC(=O)CN(C)S(=O)(=O)N(C)C)cc1. The van der Waals surface area contributed by atoms with Crippen LogP contribution < -0.4 is 10.1 Å². The number of hydrogen-bond donors (Lipinski definition) is 1. The quantitative estimate of drug-likeness (QED) is 0.795. The van der Waals surface area contributed by atoms with Gasteiger partial charge in [-0.2, -0.15) is 17.0 Å². The minimum atomic E-state index is -3.59. The fraction of sp³-hybridized carbons (Fsp3) is 0.500. The van der Waals surface area contributed by atoms with E-state index in [2.05, 4.69) is 5.32 Å². The number of methoxy groups -OCH3 is 1. The van der Waals surface area contributed by atoms with Crippen LogP contribution in [0.4, 0.5) is 0 Å². The van der Waals surface area contributed by atoms with Crippen LogP contribution in [0.3, 0.4) is 0 Å². The van der Waals surface area contributed by atoms with Crippen molar-refractivity contribution in [3.63, 3.8) is 0 Å². The highest BCUT2D eigenvalue weighted by molar-refractivity contribution is 7.86. The fourth-order valence-corrected chi connectivity index (χ4v) is 2.66. The van der Waals surface area contributed by atoms with E-state index in [9.17, 15) is 13.2 Å². The normalized spacial score (nSPS) is 13.2. The molecule has 8 heteroatoms. The molecule has 0 spiro atoms. The number of amides is 1. The number of rotatable bonds is 7.